The normalized spacial score (nSPS) is 12.9. The van der Waals surface area contributed by atoms with Crippen molar-refractivity contribution in [1.82, 2.24) is 5.06 Å². The maximum Gasteiger partial charge on any atom is 0.534 e. The summed E-state index contributed by atoms with van der Waals surface area (Å²) >= 11 is 0. The molecule has 0 fully saturated rings. The number of terminal acetylenes is 1. The first-order valence-electron chi connectivity index (χ1n) is 6.25. The Kier molecular flexibility index (Phi) is 5.89. The molecule has 0 aromatic rings. The van der Waals surface area contributed by atoms with Crippen molar-refractivity contribution in [2.45, 2.75) is 65.7 Å². The molecule has 6 nitrogen and oxygen atoms in total. The Bertz CT molecular complexity index is 397. The van der Waals surface area contributed by atoms with Gasteiger partial charge in [0.05, 0.1) is 0 Å². The summed E-state index contributed by atoms with van der Waals surface area (Å²) in [6.07, 6.45) is 3.37. The first kappa shape index (κ1) is 18.1. The molecule has 0 aromatic carbocycles. The third-order valence-corrected chi connectivity index (χ3v) is 1.73. The molecule has 0 radical (unpaired) electrons. The lowest BCUT2D eigenvalue weighted by molar-refractivity contribution is -0.144. The fraction of sp³-hybridized carbons (Fsp3) is 0.714. The number of carbonyl (C=O) groups is 2. The highest BCUT2D eigenvalue weighted by molar-refractivity contribution is 5.70. The summed E-state index contributed by atoms with van der Waals surface area (Å²) in [5.41, 5.74) is -1.48. The van der Waals surface area contributed by atoms with Gasteiger partial charge in [0.15, 0.2) is 0 Å². The van der Waals surface area contributed by atoms with Gasteiger partial charge in [-0.05, 0) is 48.5 Å². The number of amides is 1. The van der Waals surface area contributed by atoms with E-state index >= 15 is 0 Å². The molecule has 0 aliphatic carbocycles. The molecule has 0 aliphatic heterocycles. The predicted octanol–water partition coefficient (Wildman–Crippen LogP) is 3.11. The first-order chi connectivity index (χ1) is 8.85. The maximum atomic E-state index is 11.9. The molecule has 1 atom stereocenters. The predicted molar refractivity (Wildman–Crippen MR) is 73.7 cm³/mol. The Morgan fingerprint density at radius 2 is 1.50 bits per heavy atom. The third kappa shape index (κ3) is 7.52. The van der Waals surface area contributed by atoms with Gasteiger partial charge in [-0.25, -0.2) is 9.59 Å². The van der Waals surface area contributed by atoms with Gasteiger partial charge in [-0.3, -0.25) is 4.84 Å². The van der Waals surface area contributed by atoms with Crippen LogP contribution in [0.4, 0.5) is 9.59 Å². The zero-order chi connectivity index (χ0) is 16.1. The summed E-state index contributed by atoms with van der Waals surface area (Å²) < 4.78 is 10.1. The van der Waals surface area contributed by atoms with Gasteiger partial charge in [-0.2, -0.15) is 0 Å². The highest BCUT2D eigenvalue weighted by Crippen LogP contribution is 2.14. The second-order valence-electron chi connectivity index (χ2n) is 6.20. The van der Waals surface area contributed by atoms with E-state index in [-0.39, 0.29) is 0 Å². The summed E-state index contributed by atoms with van der Waals surface area (Å²) in [7, 11) is 0. The minimum absolute atomic E-state index is 0.680. The first-order valence-corrected chi connectivity index (χ1v) is 6.25. The van der Waals surface area contributed by atoms with Gasteiger partial charge in [-0.1, -0.05) is 5.92 Å². The molecule has 0 aliphatic rings. The lowest BCUT2D eigenvalue weighted by atomic mass is 10.2. The summed E-state index contributed by atoms with van der Waals surface area (Å²) in [5.74, 6) is 2.29. The fourth-order valence-corrected chi connectivity index (χ4v) is 0.998. The number of hydrogen-bond acceptors (Lipinski definition) is 5. The van der Waals surface area contributed by atoms with Crippen molar-refractivity contribution in [1.29, 1.82) is 0 Å². The SMILES string of the molecule is C#CC(C)N(OC(=O)OC(C)(C)C)C(=O)OC(C)(C)C. The Hall–Kier alpha value is -1.90. The monoisotopic (exact) mass is 285 g/mol. The summed E-state index contributed by atoms with van der Waals surface area (Å²) in [6.45, 7) is 11.6. The molecule has 0 spiro atoms. The molecule has 0 N–H and O–H groups in total. The fourth-order valence-electron chi connectivity index (χ4n) is 0.998. The Labute approximate surface area is 120 Å². The van der Waals surface area contributed by atoms with Crippen LogP contribution in [0.25, 0.3) is 0 Å². The van der Waals surface area contributed by atoms with Crippen molar-refractivity contribution in [3.8, 4) is 12.3 Å². The standard InChI is InChI=1S/C14H23NO5/c1-9-10(2)15(11(16)18-13(3,4)5)20-12(17)19-14(6,7)8/h1,10H,2-8H3. The van der Waals surface area contributed by atoms with Crippen LogP contribution < -0.4 is 0 Å². The molecular weight excluding hydrogens is 262 g/mol. The Morgan fingerprint density at radius 3 is 1.85 bits per heavy atom. The van der Waals surface area contributed by atoms with Crippen molar-refractivity contribution < 1.29 is 23.9 Å². The van der Waals surface area contributed by atoms with Crippen LogP contribution in [-0.2, 0) is 14.3 Å². The van der Waals surface area contributed by atoms with Crippen LogP contribution in [0.1, 0.15) is 48.5 Å². The van der Waals surface area contributed by atoms with Crippen LogP contribution in [0.3, 0.4) is 0 Å². The van der Waals surface area contributed by atoms with Crippen molar-refractivity contribution >= 4 is 12.2 Å². The average Bonchev–Trinajstić information content (AvgIpc) is 2.19. The molecule has 0 rings (SSSR count). The molecule has 0 saturated carbocycles. The molecule has 1 amide bonds. The van der Waals surface area contributed by atoms with E-state index in [9.17, 15) is 9.59 Å². The second kappa shape index (κ2) is 6.51. The van der Waals surface area contributed by atoms with E-state index < -0.39 is 29.5 Å². The third-order valence-electron chi connectivity index (χ3n) is 1.73. The zero-order valence-electron chi connectivity index (χ0n) is 13.1. The van der Waals surface area contributed by atoms with E-state index in [4.69, 9.17) is 20.7 Å². The number of rotatable bonds is 1. The number of hydroxylamine groups is 2. The number of nitrogens with zero attached hydrogens (tertiary/aromatic N) is 1. The van der Waals surface area contributed by atoms with Crippen molar-refractivity contribution in [2.75, 3.05) is 0 Å². The van der Waals surface area contributed by atoms with E-state index in [1.807, 2.05) is 0 Å². The highest BCUT2D eigenvalue weighted by atomic mass is 16.8. The van der Waals surface area contributed by atoms with Gasteiger partial charge in [0.25, 0.3) is 0 Å². The van der Waals surface area contributed by atoms with Crippen LogP contribution in [0.2, 0.25) is 0 Å². The Balaban J connectivity index is 4.88. The second-order valence-corrected chi connectivity index (χ2v) is 6.20. The van der Waals surface area contributed by atoms with E-state index in [0.29, 0.717) is 5.06 Å². The molecule has 0 bridgehead atoms. The van der Waals surface area contributed by atoms with E-state index in [1.54, 1.807) is 41.5 Å². The average molecular weight is 285 g/mol. The minimum Gasteiger partial charge on any atom is -0.442 e. The number of carbonyl (C=O) groups excluding carboxylic acids is 2. The molecule has 6 heteroatoms. The molecular formula is C14H23NO5. The summed E-state index contributed by atoms with van der Waals surface area (Å²) in [6, 6.07) is -0.780. The van der Waals surface area contributed by atoms with E-state index in [1.165, 1.54) is 6.92 Å². The van der Waals surface area contributed by atoms with Gasteiger partial charge < -0.3 is 9.47 Å². The summed E-state index contributed by atoms with van der Waals surface area (Å²) in [5, 5.41) is 0.680. The van der Waals surface area contributed by atoms with Crippen molar-refractivity contribution in [3.63, 3.8) is 0 Å². The van der Waals surface area contributed by atoms with Gasteiger partial charge in [0.1, 0.15) is 17.2 Å². The maximum absolute atomic E-state index is 11.9. The van der Waals surface area contributed by atoms with E-state index in [0.717, 1.165) is 0 Å². The molecule has 0 heterocycles. The summed E-state index contributed by atoms with van der Waals surface area (Å²) in [4.78, 5) is 28.4. The van der Waals surface area contributed by atoms with Gasteiger partial charge in [-0.15, -0.1) is 11.5 Å². The lowest BCUT2D eigenvalue weighted by Gasteiger charge is -2.28. The molecule has 0 saturated heterocycles. The van der Waals surface area contributed by atoms with Gasteiger partial charge in [0, 0.05) is 0 Å². The molecule has 114 valence electrons. The van der Waals surface area contributed by atoms with Gasteiger partial charge in [0.2, 0.25) is 0 Å². The highest BCUT2D eigenvalue weighted by Gasteiger charge is 2.30. The number of ether oxygens (including phenoxy) is 2. The zero-order valence-corrected chi connectivity index (χ0v) is 13.1. The largest absolute Gasteiger partial charge is 0.534 e. The van der Waals surface area contributed by atoms with Gasteiger partial charge >= 0.3 is 12.2 Å². The molecule has 0 aromatic heterocycles. The molecule has 1 unspecified atom stereocenters. The topological polar surface area (TPSA) is 65.1 Å². The van der Waals surface area contributed by atoms with Crippen molar-refractivity contribution in [3.05, 3.63) is 0 Å². The van der Waals surface area contributed by atoms with Crippen LogP contribution >= 0.6 is 0 Å². The quantitative estimate of drug-likeness (QED) is 0.421. The number of hydrogen-bond donors (Lipinski definition) is 0. The van der Waals surface area contributed by atoms with Crippen LogP contribution in [0, 0.1) is 12.3 Å². The Morgan fingerprint density at radius 1 is 1.05 bits per heavy atom. The molecule has 20 heavy (non-hydrogen) atoms. The smallest absolute Gasteiger partial charge is 0.442 e. The van der Waals surface area contributed by atoms with Crippen molar-refractivity contribution in [2.24, 2.45) is 0 Å². The lowest BCUT2D eigenvalue weighted by Crippen LogP contribution is -2.43. The minimum atomic E-state index is -1.02. The van der Waals surface area contributed by atoms with E-state index in [2.05, 4.69) is 5.92 Å². The van der Waals surface area contributed by atoms with Crippen LogP contribution in [0.5, 0.6) is 0 Å². The van der Waals surface area contributed by atoms with Crippen LogP contribution in [0.15, 0.2) is 0 Å². The van der Waals surface area contributed by atoms with Crippen LogP contribution in [-0.4, -0.2) is 34.6 Å².